The number of hydrogen-bond acceptors (Lipinski definition) is 1. The molecule has 28 heavy (non-hydrogen) atoms. The van der Waals surface area contributed by atoms with Crippen molar-refractivity contribution in [1.29, 1.82) is 0 Å². The molecule has 0 N–H and O–H groups in total. The van der Waals surface area contributed by atoms with Crippen molar-refractivity contribution in [2.24, 2.45) is 0 Å². The molecule has 1 heterocycles. The number of hydrogen-bond donors (Lipinski definition) is 0. The predicted octanol–water partition coefficient (Wildman–Crippen LogP) is 6.43. The topological polar surface area (TPSA) is 17.8 Å². The third-order valence-corrected chi connectivity index (χ3v) is 4.26. The van der Waals surface area contributed by atoms with E-state index in [1.165, 1.54) is 23.2 Å². The van der Waals surface area contributed by atoms with E-state index in [-0.39, 0.29) is 23.4 Å². The van der Waals surface area contributed by atoms with Crippen molar-refractivity contribution in [2.45, 2.75) is 18.9 Å². The summed E-state index contributed by atoms with van der Waals surface area (Å²) in [5.74, 6) is -0.839. The number of nitrogens with zero attached hydrogens (tertiary/aromatic N) is 2. The van der Waals surface area contributed by atoms with Crippen LogP contribution in [0, 0.1) is 5.82 Å². The van der Waals surface area contributed by atoms with Gasteiger partial charge in [0.05, 0.1) is 34.7 Å². The van der Waals surface area contributed by atoms with Crippen LogP contribution in [0.15, 0.2) is 48.9 Å². The normalized spacial score (nSPS) is 12.4. The summed E-state index contributed by atoms with van der Waals surface area (Å²) in [4.78, 5) is 3.94. The van der Waals surface area contributed by atoms with Crippen LogP contribution in [0.25, 0.3) is 11.3 Å². The van der Waals surface area contributed by atoms with E-state index in [4.69, 9.17) is 11.6 Å². The van der Waals surface area contributed by atoms with Gasteiger partial charge in [0.1, 0.15) is 5.82 Å². The van der Waals surface area contributed by atoms with E-state index in [0.29, 0.717) is 18.2 Å². The average Bonchev–Trinajstić information content (AvgIpc) is 3.03. The summed E-state index contributed by atoms with van der Waals surface area (Å²) in [5.41, 5.74) is -2.03. The van der Waals surface area contributed by atoms with Gasteiger partial charge < -0.3 is 4.57 Å². The second-order valence-corrected chi connectivity index (χ2v) is 6.33. The molecule has 0 saturated carbocycles. The van der Waals surface area contributed by atoms with E-state index in [1.54, 1.807) is 0 Å². The van der Waals surface area contributed by atoms with Crippen molar-refractivity contribution in [2.75, 3.05) is 0 Å². The summed E-state index contributed by atoms with van der Waals surface area (Å²) in [6.45, 7) is -0.275. The van der Waals surface area contributed by atoms with Gasteiger partial charge in [-0.15, -0.1) is 0 Å². The first-order valence-electron chi connectivity index (χ1n) is 7.69. The van der Waals surface area contributed by atoms with Crippen LogP contribution in [0.3, 0.4) is 0 Å². The number of aromatic nitrogens is 2. The van der Waals surface area contributed by atoms with E-state index in [9.17, 15) is 30.7 Å². The number of alkyl halides is 6. The highest BCUT2D eigenvalue weighted by atomic mass is 35.5. The van der Waals surface area contributed by atoms with Gasteiger partial charge in [-0.1, -0.05) is 17.7 Å². The molecule has 0 atom stereocenters. The van der Waals surface area contributed by atoms with Gasteiger partial charge in [-0.3, -0.25) is 0 Å². The molecule has 0 fully saturated rings. The fraction of sp³-hybridized carbons (Fsp3) is 0.167. The minimum Gasteiger partial charge on any atom is -0.332 e. The maximum absolute atomic E-state index is 13.9. The standard InChI is InChI=1S/C18H10ClF7N2/c19-14-3-1-10(6-13(14)18(24,25)26)16-8-28(9-27-16)7-11-5-12(17(21,22)23)2-4-15(11)20/h1-6,8-9H,7H2. The molecular weight excluding hydrogens is 413 g/mol. The highest BCUT2D eigenvalue weighted by molar-refractivity contribution is 6.31. The van der Waals surface area contributed by atoms with Crippen molar-refractivity contribution >= 4 is 11.6 Å². The number of halogens is 8. The Labute approximate surface area is 159 Å². The highest BCUT2D eigenvalue weighted by Crippen LogP contribution is 2.37. The van der Waals surface area contributed by atoms with Crippen LogP contribution in [0.1, 0.15) is 16.7 Å². The van der Waals surface area contributed by atoms with E-state index in [1.807, 2.05) is 0 Å². The molecule has 0 radical (unpaired) electrons. The summed E-state index contributed by atoms with van der Waals surface area (Å²) < 4.78 is 92.4. The van der Waals surface area contributed by atoms with E-state index in [2.05, 4.69) is 4.98 Å². The molecule has 0 bridgehead atoms. The molecule has 0 aliphatic carbocycles. The molecule has 0 saturated heterocycles. The summed E-state index contributed by atoms with van der Waals surface area (Å²) in [6, 6.07) is 5.24. The first-order valence-corrected chi connectivity index (χ1v) is 8.07. The fourth-order valence-corrected chi connectivity index (χ4v) is 2.79. The van der Waals surface area contributed by atoms with Gasteiger partial charge in [-0.2, -0.15) is 26.3 Å². The van der Waals surface area contributed by atoms with Crippen molar-refractivity contribution < 1.29 is 30.7 Å². The maximum atomic E-state index is 13.9. The van der Waals surface area contributed by atoms with Crippen molar-refractivity contribution in [3.63, 3.8) is 0 Å². The third-order valence-electron chi connectivity index (χ3n) is 3.93. The maximum Gasteiger partial charge on any atom is 0.417 e. The Morgan fingerprint density at radius 3 is 2.29 bits per heavy atom. The van der Waals surface area contributed by atoms with E-state index in [0.717, 1.165) is 12.1 Å². The molecule has 148 valence electrons. The molecule has 0 spiro atoms. The van der Waals surface area contributed by atoms with Gasteiger partial charge in [0.15, 0.2) is 0 Å². The summed E-state index contributed by atoms with van der Waals surface area (Å²) >= 11 is 5.57. The zero-order valence-electron chi connectivity index (χ0n) is 13.7. The molecule has 0 amide bonds. The summed E-state index contributed by atoms with van der Waals surface area (Å²) in [7, 11) is 0. The lowest BCUT2D eigenvalue weighted by Gasteiger charge is -2.10. The lowest BCUT2D eigenvalue weighted by atomic mass is 10.1. The molecule has 0 aliphatic heterocycles. The second kappa shape index (κ2) is 7.12. The Hall–Kier alpha value is -2.55. The van der Waals surface area contributed by atoms with Crippen molar-refractivity contribution in [3.05, 3.63) is 76.5 Å². The van der Waals surface area contributed by atoms with Crippen LogP contribution in [0.4, 0.5) is 30.7 Å². The first kappa shape index (κ1) is 20.2. The van der Waals surface area contributed by atoms with E-state index < -0.39 is 34.3 Å². The number of benzene rings is 2. The molecule has 0 aliphatic rings. The molecule has 10 heteroatoms. The predicted molar refractivity (Wildman–Crippen MR) is 88.2 cm³/mol. The van der Waals surface area contributed by atoms with Crippen LogP contribution < -0.4 is 0 Å². The van der Waals surface area contributed by atoms with Gasteiger partial charge in [0, 0.05) is 17.3 Å². The SMILES string of the molecule is Fc1ccc(C(F)(F)F)cc1Cn1cnc(-c2ccc(Cl)c(C(F)(F)F)c2)c1. The number of rotatable bonds is 3. The summed E-state index contributed by atoms with van der Waals surface area (Å²) in [5, 5.41) is -0.471. The van der Waals surface area contributed by atoms with Crippen molar-refractivity contribution in [1.82, 2.24) is 9.55 Å². The first-order chi connectivity index (χ1) is 12.9. The Morgan fingerprint density at radius 2 is 1.64 bits per heavy atom. The van der Waals surface area contributed by atoms with Gasteiger partial charge in [-0.25, -0.2) is 9.37 Å². The third kappa shape index (κ3) is 4.30. The Kier molecular flexibility index (Phi) is 5.14. The van der Waals surface area contributed by atoms with Crippen LogP contribution in [-0.4, -0.2) is 9.55 Å². The fourth-order valence-electron chi connectivity index (χ4n) is 2.57. The molecule has 3 rings (SSSR count). The smallest absolute Gasteiger partial charge is 0.332 e. The second-order valence-electron chi connectivity index (χ2n) is 5.93. The Balaban J connectivity index is 1.90. The molecule has 2 aromatic carbocycles. The van der Waals surface area contributed by atoms with Crippen LogP contribution in [-0.2, 0) is 18.9 Å². The van der Waals surface area contributed by atoms with Crippen LogP contribution >= 0.6 is 11.6 Å². The lowest BCUT2D eigenvalue weighted by molar-refractivity contribution is -0.138. The van der Waals surface area contributed by atoms with Gasteiger partial charge in [0.25, 0.3) is 0 Å². The minimum atomic E-state index is -4.66. The monoisotopic (exact) mass is 422 g/mol. The van der Waals surface area contributed by atoms with Crippen LogP contribution in [0.2, 0.25) is 5.02 Å². The van der Waals surface area contributed by atoms with Gasteiger partial charge in [-0.05, 0) is 30.3 Å². The largest absolute Gasteiger partial charge is 0.417 e. The Morgan fingerprint density at radius 1 is 0.929 bits per heavy atom. The van der Waals surface area contributed by atoms with E-state index >= 15 is 0 Å². The zero-order chi connectivity index (χ0) is 20.7. The van der Waals surface area contributed by atoms with Gasteiger partial charge >= 0.3 is 12.4 Å². The van der Waals surface area contributed by atoms with Crippen LogP contribution in [0.5, 0.6) is 0 Å². The molecule has 2 nitrogen and oxygen atoms in total. The summed E-state index contributed by atoms with van der Waals surface area (Å²) in [6.07, 6.45) is -6.78. The molecule has 0 unspecified atom stereocenters. The Bertz CT molecular complexity index is 1010. The molecule has 3 aromatic rings. The average molecular weight is 423 g/mol. The minimum absolute atomic E-state index is 0.111. The molecular formula is C18H10ClF7N2. The molecule has 1 aromatic heterocycles. The van der Waals surface area contributed by atoms with Gasteiger partial charge in [0.2, 0.25) is 0 Å². The highest BCUT2D eigenvalue weighted by Gasteiger charge is 2.33. The van der Waals surface area contributed by atoms with Crippen molar-refractivity contribution in [3.8, 4) is 11.3 Å². The lowest BCUT2D eigenvalue weighted by Crippen LogP contribution is -2.08. The zero-order valence-corrected chi connectivity index (χ0v) is 14.5. The quantitative estimate of drug-likeness (QED) is 0.445. The number of imidazole rings is 1.